The van der Waals surface area contributed by atoms with E-state index in [4.69, 9.17) is 5.73 Å². The zero-order valence-electron chi connectivity index (χ0n) is 8.89. The summed E-state index contributed by atoms with van der Waals surface area (Å²) < 4.78 is 26.2. The molecule has 1 heterocycles. The van der Waals surface area contributed by atoms with E-state index in [0.29, 0.717) is 13.1 Å². The van der Waals surface area contributed by atoms with Crippen LogP contribution < -0.4 is 10.5 Å². The van der Waals surface area contributed by atoms with E-state index in [2.05, 4.69) is 9.71 Å². The second-order valence-electron chi connectivity index (χ2n) is 4.20. The van der Waals surface area contributed by atoms with Crippen LogP contribution in [0.2, 0.25) is 0 Å². The summed E-state index contributed by atoms with van der Waals surface area (Å²) in [4.78, 5) is 3.82. The van der Waals surface area contributed by atoms with Crippen molar-refractivity contribution in [2.45, 2.75) is 17.9 Å². The van der Waals surface area contributed by atoms with Crippen LogP contribution in [-0.4, -0.2) is 26.5 Å². The van der Waals surface area contributed by atoms with E-state index < -0.39 is 10.0 Å². The standard InChI is InChI=1S/C10H15N3O2S/c11-7-10(4-5-10)8-13-16(14,15)9-3-1-2-6-12-9/h1-3,6,13H,4-5,7-8,11H2. The Hall–Kier alpha value is -0.980. The maximum atomic E-state index is 11.8. The molecule has 0 atom stereocenters. The molecule has 88 valence electrons. The highest BCUT2D eigenvalue weighted by Gasteiger charge is 2.41. The van der Waals surface area contributed by atoms with E-state index in [9.17, 15) is 8.42 Å². The van der Waals surface area contributed by atoms with E-state index in [0.717, 1.165) is 12.8 Å². The van der Waals surface area contributed by atoms with Crippen molar-refractivity contribution in [1.29, 1.82) is 0 Å². The predicted octanol–water partition coefficient (Wildman–Crippen LogP) is 0.0988. The monoisotopic (exact) mass is 241 g/mol. The molecule has 0 saturated heterocycles. The van der Waals surface area contributed by atoms with Gasteiger partial charge in [-0.1, -0.05) is 6.07 Å². The molecule has 0 spiro atoms. The Bertz CT molecular complexity index is 454. The highest BCUT2D eigenvalue weighted by molar-refractivity contribution is 7.89. The molecule has 1 aliphatic carbocycles. The van der Waals surface area contributed by atoms with Gasteiger partial charge < -0.3 is 5.73 Å². The smallest absolute Gasteiger partial charge is 0.258 e. The molecular weight excluding hydrogens is 226 g/mol. The Kier molecular flexibility index (Phi) is 2.96. The van der Waals surface area contributed by atoms with Gasteiger partial charge in [0, 0.05) is 12.7 Å². The van der Waals surface area contributed by atoms with Crippen molar-refractivity contribution in [3.05, 3.63) is 24.4 Å². The van der Waals surface area contributed by atoms with Gasteiger partial charge in [0.25, 0.3) is 10.0 Å². The summed E-state index contributed by atoms with van der Waals surface area (Å²) in [6.45, 7) is 0.931. The number of nitrogens with zero attached hydrogens (tertiary/aromatic N) is 1. The van der Waals surface area contributed by atoms with Crippen LogP contribution in [0.5, 0.6) is 0 Å². The van der Waals surface area contributed by atoms with Crippen molar-refractivity contribution in [3.63, 3.8) is 0 Å². The van der Waals surface area contributed by atoms with E-state index in [-0.39, 0.29) is 10.4 Å². The molecule has 1 saturated carbocycles. The van der Waals surface area contributed by atoms with Gasteiger partial charge >= 0.3 is 0 Å². The Morgan fingerprint density at radius 1 is 1.44 bits per heavy atom. The van der Waals surface area contributed by atoms with Gasteiger partial charge in [0.05, 0.1) is 0 Å². The molecule has 2 rings (SSSR count). The molecular formula is C10H15N3O2S. The Balaban J connectivity index is 2.04. The van der Waals surface area contributed by atoms with E-state index >= 15 is 0 Å². The molecule has 1 aromatic heterocycles. The van der Waals surface area contributed by atoms with Gasteiger partial charge in [-0.25, -0.2) is 18.1 Å². The Labute approximate surface area is 95.1 Å². The summed E-state index contributed by atoms with van der Waals surface area (Å²) in [6.07, 6.45) is 3.45. The minimum atomic E-state index is -3.48. The van der Waals surface area contributed by atoms with Gasteiger partial charge in [-0.2, -0.15) is 0 Å². The van der Waals surface area contributed by atoms with Crippen LogP contribution in [0.25, 0.3) is 0 Å². The fourth-order valence-corrected chi connectivity index (χ4v) is 2.56. The minimum Gasteiger partial charge on any atom is -0.330 e. The van der Waals surface area contributed by atoms with Crippen LogP contribution in [-0.2, 0) is 10.0 Å². The average molecular weight is 241 g/mol. The second-order valence-corrected chi connectivity index (χ2v) is 5.91. The van der Waals surface area contributed by atoms with Crippen LogP contribution in [0.3, 0.4) is 0 Å². The second kappa shape index (κ2) is 4.12. The molecule has 0 amide bonds. The number of pyridine rings is 1. The van der Waals surface area contributed by atoms with Crippen molar-refractivity contribution >= 4 is 10.0 Å². The first kappa shape index (κ1) is 11.5. The van der Waals surface area contributed by atoms with Crippen molar-refractivity contribution < 1.29 is 8.42 Å². The molecule has 0 radical (unpaired) electrons. The lowest BCUT2D eigenvalue weighted by Crippen LogP contribution is -2.34. The first-order valence-electron chi connectivity index (χ1n) is 5.19. The molecule has 0 aromatic carbocycles. The molecule has 6 heteroatoms. The Morgan fingerprint density at radius 2 is 2.19 bits per heavy atom. The summed E-state index contributed by atoms with van der Waals surface area (Å²) in [5.41, 5.74) is 5.57. The average Bonchev–Trinajstić information content (AvgIpc) is 3.09. The molecule has 1 aliphatic rings. The highest BCUT2D eigenvalue weighted by Crippen LogP contribution is 2.43. The molecule has 0 unspecified atom stereocenters. The number of nitrogens with two attached hydrogens (primary N) is 1. The van der Waals surface area contributed by atoms with Crippen LogP contribution in [0.1, 0.15) is 12.8 Å². The van der Waals surface area contributed by atoms with Gasteiger partial charge in [0.2, 0.25) is 0 Å². The molecule has 5 nitrogen and oxygen atoms in total. The summed E-state index contributed by atoms with van der Waals surface area (Å²) in [5, 5.41) is 0.0582. The molecule has 0 bridgehead atoms. The fourth-order valence-electron chi connectivity index (χ4n) is 1.46. The lowest BCUT2D eigenvalue weighted by molar-refractivity contribution is 0.499. The van der Waals surface area contributed by atoms with E-state index in [1.165, 1.54) is 12.3 Å². The summed E-state index contributed by atoms with van der Waals surface area (Å²) >= 11 is 0. The third-order valence-corrected chi connectivity index (χ3v) is 4.26. The number of nitrogens with one attached hydrogen (secondary N) is 1. The molecule has 0 aliphatic heterocycles. The van der Waals surface area contributed by atoms with Gasteiger partial charge in [0.15, 0.2) is 5.03 Å². The largest absolute Gasteiger partial charge is 0.330 e. The predicted molar refractivity (Wildman–Crippen MR) is 60.1 cm³/mol. The van der Waals surface area contributed by atoms with Gasteiger partial charge in [0.1, 0.15) is 0 Å². The normalized spacial score (nSPS) is 18.3. The van der Waals surface area contributed by atoms with Crippen molar-refractivity contribution in [3.8, 4) is 0 Å². The van der Waals surface area contributed by atoms with E-state index in [1.54, 1.807) is 12.1 Å². The molecule has 16 heavy (non-hydrogen) atoms. The minimum absolute atomic E-state index is 0.0121. The summed E-state index contributed by atoms with van der Waals surface area (Å²) in [5.74, 6) is 0. The fraction of sp³-hybridized carbons (Fsp3) is 0.500. The number of sulfonamides is 1. The van der Waals surface area contributed by atoms with Crippen molar-refractivity contribution in [2.24, 2.45) is 11.1 Å². The van der Waals surface area contributed by atoms with Crippen molar-refractivity contribution in [2.75, 3.05) is 13.1 Å². The van der Waals surface area contributed by atoms with Gasteiger partial charge in [-0.3, -0.25) is 0 Å². The van der Waals surface area contributed by atoms with Crippen LogP contribution >= 0.6 is 0 Å². The first-order valence-corrected chi connectivity index (χ1v) is 6.67. The lowest BCUT2D eigenvalue weighted by Gasteiger charge is -2.12. The highest BCUT2D eigenvalue weighted by atomic mass is 32.2. The molecule has 3 N–H and O–H groups in total. The quantitative estimate of drug-likeness (QED) is 0.765. The third-order valence-electron chi connectivity index (χ3n) is 2.94. The Morgan fingerprint density at radius 3 is 2.69 bits per heavy atom. The van der Waals surface area contributed by atoms with Gasteiger partial charge in [-0.15, -0.1) is 0 Å². The zero-order valence-corrected chi connectivity index (χ0v) is 9.70. The number of hydrogen-bond acceptors (Lipinski definition) is 4. The van der Waals surface area contributed by atoms with Gasteiger partial charge in [-0.05, 0) is 36.9 Å². The van der Waals surface area contributed by atoms with Crippen LogP contribution in [0.15, 0.2) is 29.4 Å². The molecule has 1 aromatic rings. The number of rotatable bonds is 5. The lowest BCUT2D eigenvalue weighted by atomic mass is 10.1. The SMILES string of the molecule is NCC1(CNS(=O)(=O)c2ccccn2)CC1. The van der Waals surface area contributed by atoms with Crippen LogP contribution in [0.4, 0.5) is 0 Å². The summed E-state index contributed by atoms with van der Waals surface area (Å²) in [6, 6.07) is 4.81. The van der Waals surface area contributed by atoms with E-state index in [1.807, 2.05) is 0 Å². The zero-order chi connectivity index (χ0) is 11.6. The van der Waals surface area contributed by atoms with Crippen LogP contribution in [0, 0.1) is 5.41 Å². The topological polar surface area (TPSA) is 85.1 Å². The van der Waals surface area contributed by atoms with Crippen molar-refractivity contribution in [1.82, 2.24) is 9.71 Å². The maximum absolute atomic E-state index is 11.8. The maximum Gasteiger partial charge on any atom is 0.258 e. The number of hydrogen-bond donors (Lipinski definition) is 2. The first-order chi connectivity index (χ1) is 7.58. The number of aromatic nitrogens is 1. The summed E-state index contributed by atoms with van der Waals surface area (Å²) in [7, 11) is -3.48. The third kappa shape index (κ3) is 2.40. The molecule has 1 fully saturated rings.